The summed E-state index contributed by atoms with van der Waals surface area (Å²) in [6, 6.07) is 1.96. The van der Waals surface area contributed by atoms with E-state index in [-0.39, 0.29) is 35.7 Å². The van der Waals surface area contributed by atoms with Crippen LogP contribution in [-0.4, -0.2) is 31.7 Å². The Hall–Kier alpha value is -3.43. The zero-order valence-electron chi connectivity index (χ0n) is 21.7. The molecule has 1 saturated carbocycles. The Morgan fingerprint density at radius 2 is 1.46 bits per heavy atom. The molecule has 1 fully saturated rings. The predicted octanol–water partition coefficient (Wildman–Crippen LogP) is 6.10. The number of nitrogens with zero attached hydrogens (tertiary/aromatic N) is 6. The first-order valence-electron chi connectivity index (χ1n) is 12.6. The maximum Gasteiger partial charge on any atom is 0.417 e. The molecule has 4 rings (SSSR count). The number of tetrazole rings is 1. The van der Waals surface area contributed by atoms with E-state index in [1.165, 1.54) is 7.05 Å². The van der Waals surface area contributed by atoms with E-state index in [1.807, 2.05) is 0 Å². The van der Waals surface area contributed by atoms with Crippen molar-refractivity contribution in [1.29, 1.82) is 0 Å². The van der Waals surface area contributed by atoms with Crippen LogP contribution in [0.15, 0.2) is 30.5 Å². The lowest BCUT2D eigenvalue weighted by Gasteiger charge is -2.28. The Balaban J connectivity index is 1.81. The van der Waals surface area contributed by atoms with Gasteiger partial charge >= 0.3 is 18.5 Å². The second-order valence-electron chi connectivity index (χ2n) is 10.0. The molecule has 0 aliphatic heterocycles. The summed E-state index contributed by atoms with van der Waals surface area (Å²) >= 11 is 0. The van der Waals surface area contributed by atoms with E-state index < -0.39 is 59.8 Å². The van der Waals surface area contributed by atoms with Gasteiger partial charge in [-0.3, -0.25) is 4.98 Å². The first kappa shape index (κ1) is 30.5. The topological polar surface area (TPSA) is 85.8 Å². The summed E-state index contributed by atoms with van der Waals surface area (Å²) in [6.07, 6.45) is -10.8. The van der Waals surface area contributed by atoms with Crippen LogP contribution in [0.3, 0.4) is 0 Å². The highest BCUT2D eigenvalue weighted by Gasteiger charge is 2.38. The van der Waals surface area contributed by atoms with E-state index in [0.29, 0.717) is 18.3 Å². The summed E-state index contributed by atoms with van der Waals surface area (Å²) < 4.78 is 122. The summed E-state index contributed by atoms with van der Waals surface area (Å²) in [6.45, 7) is -0.939. The average Bonchev–Trinajstić information content (AvgIpc) is 3.55. The van der Waals surface area contributed by atoms with Gasteiger partial charge in [0.25, 0.3) is 5.95 Å². The minimum Gasteiger partial charge on any atom is -0.330 e. The zero-order chi connectivity index (χ0) is 30.2. The molecule has 2 N–H and O–H groups in total. The number of alkyl halides is 9. The molecule has 3 aromatic rings. The minimum absolute atomic E-state index is 0.00329. The van der Waals surface area contributed by atoms with Gasteiger partial charge in [0.2, 0.25) is 0 Å². The number of benzene rings is 1. The van der Waals surface area contributed by atoms with Crippen LogP contribution in [0.5, 0.6) is 0 Å². The zero-order valence-corrected chi connectivity index (χ0v) is 21.7. The highest BCUT2D eigenvalue weighted by Crippen LogP contribution is 2.40. The van der Waals surface area contributed by atoms with Crippen LogP contribution in [0.4, 0.5) is 45.5 Å². The van der Waals surface area contributed by atoms with Gasteiger partial charge < -0.3 is 10.6 Å². The monoisotopic (exact) mass is 595 g/mol. The van der Waals surface area contributed by atoms with E-state index in [0.717, 1.165) is 41.4 Å². The maximum atomic E-state index is 13.7. The van der Waals surface area contributed by atoms with Gasteiger partial charge in [-0.2, -0.15) is 44.3 Å². The SMILES string of the molecule is Cn1nnc(N(Cc2cc(C(F)(F)F)cc(C(F)(F)F)c2)Cc2cc(C(F)(F)F)cnc2C(CN)C2CCCC2)n1. The van der Waals surface area contributed by atoms with E-state index in [1.54, 1.807) is 0 Å². The third-order valence-electron chi connectivity index (χ3n) is 7.07. The lowest BCUT2D eigenvalue weighted by Crippen LogP contribution is -2.28. The second-order valence-corrected chi connectivity index (χ2v) is 10.0. The van der Waals surface area contributed by atoms with Crippen molar-refractivity contribution in [2.75, 3.05) is 11.4 Å². The van der Waals surface area contributed by atoms with Gasteiger partial charge in [-0.05, 0) is 59.4 Å². The van der Waals surface area contributed by atoms with Crippen LogP contribution in [0.25, 0.3) is 0 Å². The molecule has 1 unspecified atom stereocenters. The molecular weight excluding hydrogens is 569 g/mol. The number of aryl methyl sites for hydroxylation is 1. The minimum atomic E-state index is -5.08. The molecule has 1 atom stereocenters. The van der Waals surface area contributed by atoms with Crippen molar-refractivity contribution >= 4 is 5.95 Å². The van der Waals surface area contributed by atoms with E-state index in [9.17, 15) is 39.5 Å². The Morgan fingerprint density at radius 1 is 0.878 bits per heavy atom. The smallest absolute Gasteiger partial charge is 0.330 e. The van der Waals surface area contributed by atoms with E-state index in [4.69, 9.17) is 5.73 Å². The van der Waals surface area contributed by atoms with Crippen LogP contribution < -0.4 is 10.6 Å². The summed E-state index contributed by atoms with van der Waals surface area (Å²) in [4.78, 5) is 6.29. The highest BCUT2D eigenvalue weighted by atomic mass is 19.4. The van der Waals surface area contributed by atoms with Crippen molar-refractivity contribution in [2.45, 2.75) is 63.2 Å². The van der Waals surface area contributed by atoms with Crippen LogP contribution in [-0.2, 0) is 38.7 Å². The molecule has 1 aliphatic carbocycles. The third kappa shape index (κ3) is 7.26. The fraction of sp³-hybridized carbons (Fsp3) is 0.520. The second kappa shape index (κ2) is 11.4. The summed E-state index contributed by atoms with van der Waals surface area (Å²) in [7, 11) is 1.38. The Labute approximate surface area is 228 Å². The molecule has 0 saturated heterocycles. The van der Waals surface area contributed by atoms with Gasteiger partial charge in [-0.25, -0.2) is 0 Å². The molecule has 0 spiro atoms. The summed E-state index contributed by atoms with van der Waals surface area (Å²) in [5, 5.41) is 11.5. The molecule has 16 heteroatoms. The van der Waals surface area contributed by atoms with Gasteiger partial charge in [-0.1, -0.05) is 17.9 Å². The molecule has 0 amide bonds. The normalized spacial score (nSPS) is 15.9. The molecule has 1 aliphatic rings. The summed E-state index contributed by atoms with van der Waals surface area (Å²) in [5.74, 6) is -0.562. The van der Waals surface area contributed by atoms with Gasteiger partial charge in [-0.15, -0.1) is 5.10 Å². The highest BCUT2D eigenvalue weighted by molar-refractivity contribution is 5.40. The average molecular weight is 596 g/mol. The molecule has 41 heavy (non-hydrogen) atoms. The van der Waals surface area contributed by atoms with Crippen LogP contribution >= 0.6 is 0 Å². The van der Waals surface area contributed by atoms with Gasteiger partial charge in [0.1, 0.15) is 0 Å². The van der Waals surface area contributed by atoms with Crippen molar-refractivity contribution in [1.82, 2.24) is 25.2 Å². The molecule has 0 bridgehead atoms. The number of rotatable bonds is 8. The lowest BCUT2D eigenvalue weighted by molar-refractivity contribution is -0.143. The van der Waals surface area contributed by atoms with Crippen molar-refractivity contribution in [3.8, 4) is 0 Å². The molecule has 0 radical (unpaired) electrons. The number of hydrogen-bond acceptors (Lipinski definition) is 6. The fourth-order valence-corrected chi connectivity index (χ4v) is 5.16. The fourth-order valence-electron chi connectivity index (χ4n) is 5.16. The molecule has 2 heterocycles. The Kier molecular flexibility index (Phi) is 8.52. The van der Waals surface area contributed by atoms with E-state index >= 15 is 0 Å². The van der Waals surface area contributed by atoms with Crippen molar-refractivity contribution < 1.29 is 39.5 Å². The van der Waals surface area contributed by atoms with Gasteiger partial charge in [0.15, 0.2) is 0 Å². The molecule has 2 aromatic heterocycles. The third-order valence-corrected chi connectivity index (χ3v) is 7.07. The van der Waals surface area contributed by atoms with Gasteiger partial charge in [0.05, 0.1) is 23.7 Å². The molecular formula is C25H26F9N7. The largest absolute Gasteiger partial charge is 0.417 e. The molecule has 7 nitrogen and oxygen atoms in total. The number of nitrogens with two attached hydrogens (primary N) is 1. The first-order chi connectivity index (χ1) is 19.1. The number of pyridine rings is 1. The Morgan fingerprint density at radius 3 is 1.95 bits per heavy atom. The number of aromatic nitrogens is 5. The standard InChI is InChI=1S/C25H26F9N7/c1-40-38-22(37-39-40)41(12-14-6-17(23(26,27)28)9-18(7-14)24(29,30)31)13-16-8-19(25(32,33)34)11-36-21(16)20(10-35)15-4-2-3-5-15/h6-9,11,15,20H,2-5,10,12-13,35H2,1H3. The molecule has 1 aromatic carbocycles. The number of anilines is 1. The predicted molar refractivity (Wildman–Crippen MR) is 128 cm³/mol. The van der Waals surface area contributed by atoms with Crippen molar-refractivity contribution in [3.63, 3.8) is 0 Å². The number of halogens is 9. The van der Waals surface area contributed by atoms with Crippen molar-refractivity contribution in [3.05, 3.63) is 64.0 Å². The van der Waals surface area contributed by atoms with Crippen LogP contribution in [0.1, 0.15) is 65.1 Å². The van der Waals surface area contributed by atoms with Crippen LogP contribution in [0.2, 0.25) is 0 Å². The quantitative estimate of drug-likeness (QED) is 0.317. The number of hydrogen-bond donors (Lipinski definition) is 1. The Bertz CT molecular complexity index is 1310. The maximum absolute atomic E-state index is 13.7. The lowest BCUT2D eigenvalue weighted by atomic mass is 9.85. The first-order valence-corrected chi connectivity index (χ1v) is 12.6. The molecule has 224 valence electrons. The van der Waals surface area contributed by atoms with Gasteiger partial charge in [0, 0.05) is 37.4 Å². The van der Waals surface area contributed by atoms with Crippen LogP contribution in [0, 0.1) is 5.92 Å². The van der Waals surface area contributed by atoms with E-state index in [2.05, 4.69) is 20.4 Å². The van der Waals surface area contributed by atoms with Crippen molar-refractivity contribution in [2.24, 2.45) is 18.7 Å². The summed E-state index contributed by atoms with van der Waals surface area (Å²) in [5.41, 5.74) is 1.84.